The Balaban J connectivity index is 2.74. The van der Waals surface area contributed by atoms with E-state index in [1.54, 1.807) is 14.2 Å². The van der Waals surface area contributed by atoms with Crippen molar-refractivity contribution in [1.82, 2.24) is 4.98 Å². The number of benzene rings is 1. The van der Waals surface area contributed by atoms with Crippen molar-refractivity contribution < 1.29 is 9.47 Å². The Labute approximate surface area is 119 Å². The van der Waals surface area contributed by atoms with Gasteiger partial charge >= 0.3 is 0 Å². The van der Waals surface area contributed by atoms with E-state index < -0.39 is 0 Å². The molecule has 0 radical (unpaired) electrons. The maximum Gasteiger partial charge on any atom is 0.145 e. The van der Waals surface area contributed by atoms with Gasteiger partial charge in [0.1, 0.15) is 17.0 Å². The summed E-state index contributed by atoms with van der Waals surface area (Å²) < 4.78 is 10.8. The molecule has 0 unspecified atom stereocenters. The number of aromatic nitrogens is 1. The first-order chi connectivity index (χ1) is 9.60. The Hall–Kier alpha value is -2.01. The number of rotatable bonds is 5. The lowest BCUT2D eigenvalue weighted by molar-refractivity contribution is 0.409. The van der Waals surface area contributed by atoms with Gasteiger partial charge in [0.15, 0.2) is 0 Å². The smallest absolute Gasteiger partial charge is 0.145 e. The summed E-state index contributed by atoms with van der Waals surface area (Å²) in [7, 11) is 3.26. The third-order valence-corrected chi connectivity index (χ3v) is 3.15. The predicted octanol–water partition coefficient (Wildman–Crippen LogP) is 2.74. The van der Waals surface area contributed by atoms with Crippen LogP contribution in [0.5, 0.6) is 11.5 Å². The molecule has 0 aliphatic rings. The summed E-state index contributed by atoms with van der Waals surface area (Å²) in [5.41, 5.74) is 5.27. The van der Waals surface area contributed by atoms with E-state index in [0.29, 0.717) is 11.7 Å². The van der Waals surface area contributed by atoms with Crippen LogP contribution in [0.1, 0.15) is 19.5 Å². The number of methoxy groups -OCH3 is 2. The highest BCUT2D eigenvalue weighted by Crippen LogP contribution is 2.37. The van der Waals surface area contributed by atoms with Crippen LogP contribution in [-0.2, 0) is 6.42 Å². The van der Waals surface area contributed by atoms with Gasteiger partial charge in [0.05, 0.1) is 25.3 Å². The number of pyridine rings is 1. The number of ether oxygens (including phenoxy) is 2. The van der Waals surface area contributed by atoms with Gasteiger partial charge in [-0.1, -0.05) is 13.8 Å². The van der Waals surface area contributed by atoms with E-state index in [2.05, 4.69) is 19.3 Å². The summed E-state index contributed by atoms with van der Waals surface area (Å²) in [4.78, 5) is 4.70. The van der Waals surface area contributed by atoms with Crippen molar-refractivity contribution >= 4 is 16.6 Å². The standard InChI is InChI=1S/C15H21N3O2/c1-9(2)7-10-8-11(18-16)14-12(19-3)5-6-13(20-4)15(14)17-10/h5-6,8-9H,7,16H2,1-4H3,(H,17,18). The molecule has 108 valence electrons. The van der Waals surface area contributed by atoms with E-state index in [1.165, 1.54) is 0 Å². The highest BCUT2D eigenvalue weighted by Gasteiger charge is 2.15. The zero-order valence-corrected chi connectivity index (χ0v) is 12.4. The van der Waals surface area contributed by atoms with E-state index in [0.717, 1.165) is 34.5 Å². The summed E-state index contributed by atoms with van der Waals surface area (Å²) in [6, 6.07) is 5.67. The fourth-order valence-electron chi connectivity index (χ4n) is 2.31. The largest absolute Gasteiger partial charge is 0.496 e. The fraction of sp³-hybridized carbons (Fsp3) is 0.400. The molecule has 0 atom stereocenters. The normalized spacial score (nSPS) is 10.9. The van der Waals surface area contributed by atoms with E-state index in [-0.39, 0.29) is 0 Å². The van der Waals surface area contributed by atoms with Crippen molar-refractivity contribution in [1.29, 1.82) is 0 Å². The number of hydrazine groups is 1. The molecule has 0 amide bonds. The molecule has 2 aromatic rings. The van der Waals surface area contributed by atoms with Crippen LogP contribution in [0.15, 0.2) is 18.2 Å². The van der Waals surface area contributed by atoms with Crippen LogP contribution < -0.4 is 20.7 Å². The van der Waals surface area contributed by atoms with E-state index >= 15 is 0 Å². The lowest BCUT2D eigenvalue weighted by Gasteiger charge is -2.15. The molecule has 1 aromatic heterocycles. The number of nitrogen functional groups attached to an aromatic ring is 1. The lowest BCUT2D eigenvalue weighted by atomic mass is 10.0. The maximum absolute atomic E-state index is 5.66. The van der Waals surface area contributed by atoms with Gasteiger partial charge < -0.3 is 14.9 Å². The van der Waals surface area contributed by atoms with Gasteiger partial charge in [-0.2, -0.15) is 0 Å². The molecule has 0 saturated heterocycles. The van der Waals surface area contributed by atoms with Gasteiger partial charge in [-0.15, -0.1) is 0 Å². The molecule has 20 heavy (non-hydrogen) atoms. The van der Waals surface area contributed by atoms with Crippen molar-refractivity contribution in [3.8, 4) is 11.5 Å². The van der Waals surface area contributed by atoms with Crippen LogP contribution in [0.4, 0.5) is 5.69 Å². The second-order valence-electron chi connectivity index (χ2n) is 5.10. The van der Waals surface area contributed by atoms with Gasteiger partial charge in [-0.3, -0.25) is 5.84 Å². The summed E-state index contributed by atoms with van der Waals surface area (Å²) in [6.45, 7) is 4.31. The number of nitrogens with two attached hydrogens (primary N) is 1. The molecule has 0 aliphatic carbocycles. The van der Waals surface area contributed by atoms with Crippen LogP contribution in [0.2, 0.25) is 0 Å². The van der Waals surface area contributed by atoms with Crippen LogP contribution >= 0.6 is 0 Å². The number of nitrogens with zero attached hydrogens (tertiary/aromatic N) is 1. The SMILES string of the molecule is COc1ccc(OC)c2c(NN)cc(CC(C)C)nc12. The second-order valence-corrected chi connectivity index (χ2v) is 5.10. The number of hydrogen-bond acceptors (Lipinski definition) is 5. The quantitative estimate of drug-likeness (QED) is 0.648. The third-order valence-electron chi connectivity index (χ3n) is 3.15. The first-order valence-corrected chi connectivity index (χ1v) is 6.62. The van der Waals surface area contributed by atoms with Crippen molar-refractivity contribution in [3.05, 3.63) is 23.9 Å². The Morgan fingerprint density at radius 3 is 2.40 bits per heavy atom. The van der Waals surface area contributed by atoms with Crippen LogP contribution in [0.3, 0.4) is 0 Å². The summed E-state index contributed by atoms with van der Waals surface area (Å²) in [6.07, 6.45) is 0.880. The molecule has 0 spiro atoms. The van der Waals surface area contributed by atoms with Crippen molar-refractivity contribution in [2.24, 2.45) is 11.8 Å². The molecular formula is C15H21N3O2. The second kappa shape index (κ2) is 5.96. The van der Waals surface area contributed by atoms with Crippen molar-refractivity contribution in [2.45, 2.75) is 20.3 Å². The molecule has 1 heterocycles. The molecule has 0 saturated carbocycles. The number of fused-ring (bicyclic) bond motifs is 1. The number of anilines is 1. The van der Waals surface area contributed by atoms with Gasteiger partial charge in [-0.25, -0.2) is 4.98 Å². The van der Waals surface area contributed by atoms with Gasteiger partial charge in [0, 0.05) is 5.69 Å². The monoisotopic (exact) mass is 275 g/mol. The number of nitrogens with one attached hydrogen (secondary N) is 1. The molecule has 5 nitrogen and oxygen atoms in total. The molecule has 2 rings (SSSR count). The summed E-state index contributed by atoms with van der Waals surface area (Å²) in [5.74, 6) is 7.60. The topological polar surface area (TPSA) is 69.4 Å². The molecular weight excluding hydrogens is 254 g/mol. The molecule has 0 aliphatic heterocycles. The number of hydrogen-bond donors (Lipinski definition) is 2. The molecule has 0 fully saturated rings. The minimum atomic E-state index is 0.516. The zero-order valence-electron chi connectivity index (χ0n) is 12.4. The van der Waals surface area contributed by atoms with E-state index in [1.807, 2.05) is 18.2 Å². The Bertz CT molecular complexity index is 612. The Morgan fingerprint density at radius 1 is 1.20 bits per heavy atom. The third kappa shape index (κ3) is 2.63. The zero-order chi connectivity index (χ0) is 14.7. The molecule has 5 heteroatoms. The average Bonchev–Trinajstić information content (AvgIpc) is 2.44. The van der Waals surface area contributed by atoms with Gasteiger partial charge in [0.2, 0.25) is 0 Å². The summed E-state index contributed by atoms with van der Waals surface area (Å²) >= 11 is 0. The van der Waals surface area contributed by atoms with Crippen molar-refractivity contribution in [3.63, 3.8) is 0 Å². The summed E-state index contributed by atoms with van der Waals surface area (Å²) in [5, 5.41) is 0.835. The molecule has 3 N–H and O–H groups in total. The average molecular weight is 275 g/mol. The first kappa shape index (κ1) is 14.4. The lowest BCUT2D eigenvalue weighted by Crippen LogP contribution is -2.10. The highest BCUT2D eigenvalue weighted by atomic mass is 16.5. The molecule has 1 aromatic carbocycles. The van der Waals surface area contributed by atoms with Gasteiger partial charge in [0.25, 0.3) is 0 Å². The first-order valence-electron chi connectivity index (χ1n) is 6.62. The fourth-order valence-corrected chi connectivity index (χ4v) is 2.31. The highest BCUT2D eigenvalue weighted by molar-refractivity contribution is 5.99. The Morgan fingerprint density at radius 2 is 1.85 bits per heavy atom. The van der Waals surface area contributed by atoms with Crippen LogP contribution in [0, 0.1) is 5.92 Å². The van der Waals surface area contributed by atoms with Crippen LogP contribution in [-0.4, -0.2) is 19.2 Å². The van der Waals surface area contributed by atoms with Gasteiger partial charge in [-0.05, 0) is 30.5 Å². The Kier molecular flexibility index (Phi) is 4.29. The maximum atomic E-state index is 5.66. The minimum Gasteiger partial charge on any atom is -0.496 e. The van der Waals surface area contributed by atoms with E-state index in [9.17, 15) is 0 Å². The van der Waals surface area contributed by atoms with E-state index in [4.69, 9.17) is 20.3 Å². The predicted molar refractivity (Wildman–Crippen MR) is 81.2 cm³/mol. The van der Waals surface area contributed by atoms with Crippen LogP contribution in [0.25, 0.3) is 10.9 Å². The van der Waals surface area contributed by atoms with Crippen molar-refractivity contribution in [2.75, 3.05) is 19.6 Å². The minimum absolute atomic E-state index is 0.516. The molecule has 0 bridgehead atoms.